The molecular weight excluding hydrogens is 258 g/mol. The molecule has 2 nitrogen and oxygen atoms in total. The molecule has 1 aromatic rings. The minimum atomic E-state index is 0.232. The van der Waals surface area contributed by atoms with Crippen molar-refractivity contribution in [2.45, 2.75) is 53.0 Å². The summed E-state index contributed by atoms with van der Waals surface area (Å²) < 4.78 is 5.84. The predicted molar refractivity (Wildman–Crippen MR) is 83.1 cm³/mol. The number of halogens is 1. The zero-order valence-corrected chi connectivity index (χ0v) is 13.3. The second-order valence-corrected chi connectivity index (χ2v) is 5.99. The largest absolute Gasteiger partial charge is 0.493 e. The molecule has 0 amide bonds. The van der Waals surface area contributed by atoms with Gasteiger partial charge in [0.15, 0.2) is 0 Å². The summed E-state index contributed by atoms with van der Waals surface area (Å²) in [5, 5.41) is 0.812. The van der Waals surface area contributed by atoms with E-state index in [-0.39, 0.29) is 6.04 Å². The maximum Gasteiger partial charge on any atom is 0.122 e. The van der Waals surface area contributed by atoms with Crippen LogP contribution in [0.2, 0.25) is 5.02 Å². The molecule has 0 fully saturated rings. The van der Waals surface area contributed by atoms with E-state index in [4.69, 9.17) is 22.1 Å². The van der Waals surface area contributed by atoms with Gasteiger partial charge >= 0.3 is 0 Å². The Hall–Kier alpha value is -0.730. The van der Waals surface area contributed by atoms with Gasteiger partial charge in [-0.2, -0.15) is 0 Å². The summed E-state index contributed by atoms with van der Waals surface area (Å²) >= 11 is 6.23. The maximum atomic E-state index is 6.23. The van der Waals surface area contributed by atoms with Crippen LogP contribution < -0.4 is 10.5 Å². The molecule has 0 bridgehead atoms. The lowest BCUT2D eigenvalue weighted by atomic mass is 9.94. The number of hydrogen-bond acceptors (Lipinski definition) is 2. The smallest absolute Gasteiger partial charge is 0.122 e. The summed E-state index contributed by atoms with van der Waals surface area (Å²) in [6, 6.07) is 4.32. The molecule has 0 radical (unpaired) electrons. The molecule has 19 heavy (non-hydrogen) atoms. The maximum absolute atomic E-state index is 6.23. The Morgan fingerprint density at radius 3 is 2.58 bits per heavy atom. The third-order valence-corrected chi connectivity index (χ3v) is 3.55. The van der Waals surface area contributed by atoms with E-state index in [0.717, 1.165) is 42.2 Å². The summed E-state index contributed by atoms with van der Waals surface area (Å²) in [7, 11) is 0. The lowest BCUT2D eigenvalue weighted by Gasteiger charge is -2.18. The molecule has 0 spiro atoms. The fraction of sp³-hybridized carbons (Fsp3) is 0.625. The summed E-state index contributed by atoms with van der Waals surface area (Å²) in [6.07, 6.45) is 2.98. The first-order valence-corrected chi connectivity index (χ1v) is 7.49. The topological polar surface area (TPSA) is 35.2 Å². The Morgan fingerprint density at radius 1 is 1.32 bits per heavy atom. The van der Waals surface area contributed by atoms with Gasteiger partial charge in [0.2, 0.25) is 0 Å². The molecule has 0 aliphatic rings. The molecule has 0 saturated carbocycles. The van der Waals surface area contributed by atoms with Gasteiger partial charge in [0.05, 0.1) is 6.61 Å². The van der Waals surface area contributed by atoms with Gasteiger partial charge in [-0.05, 0) is 62.3 Å². The van der Waals surface area contributed by atoms with Crippen molar-refractivity contribution in [3.8, 4) is 5.75 Å². The van der Waals surface area contributed by atoms with Gasteiger partial charge in [0.25, 0.3) is 0 Å². The second kappa shape index (κ2) is 7.76. The normalized spacial score (nSPS) is 14.2. The van der Waals surface area contributed by atoms with Crippen LogP contribution in [0.5, 0.6) is 5.75 Å². The van der Waals surface area contributed by atoms with E-state index in [2.05, 4.69) is 13.8 Å². The first-order valence-electron chi connectivity index (χ1n) is 7.11. The van der Waals surface area contributed by atoms with E-state index < -0.39 is 0 Å². The minimum Gasteiger partial charge on any atom is -0.493 e. The molecule has 2 unspecified atom stereocenters. The Bertz CT molecular complexity index is 404. The van der Waals surface area contributed by atoms with Crippen LogP contribution in [-0.4, -0.2) is 12.6 Å². The monoisotopic (exact) mass is 283 g/mol. The van der Waals surface area contributed by atoms with Crippen molar-refractivity contribution in [1.82, 2.24) is 0 Å². The van der Waals surface area contributed by atoms with E-state index in [0.29, 0.717) is 5.92 Å². The molecule has 2 N–H and O–H groups in total. The van der Waals surface area contributed by atoms with Crippen LogP contribution in [0.4, 0.5) is 0 Å². The predicted octanol–water partition coefficient (Wildman–Crippen LogP) is 4.35. The molecule has 2 atom stereocenters. The molecular formula is C16H26ClNO. The van der Waals surface area contributed by atoms with Gasteiger partial charge in [0, 0.05) is 11.1 Å². The van der Waals surface area contributed by atoms with Crippen molar-refractivity contribution in [1.29, 1.82) is 0 Å². The molecule has 1 aromatic carbocycles. The molecule has 0 aliphatic carbocycles. The van der Waals surface area contributed by atoms with E-state index in [9.17, 15) is 0 Å². The first-order chi connectivity index (χ1) is 8.93. The molecule has 0 saturated heterocycles. The number of aryl methyl sites for hydroxylation is 1. The van der Waals surface area contributed by atoms with Crippen LogP contribution in [0.3, 0.4) is 0 Å². The average molecular weight is 284 g/mol. The molecule has 108 valence electrons. The van der Waals surface area contributed by atoms with Gasteiger partial charge in [-0.25, -0.2) is 0 Å². The minimum absolute atomic E-state index is 0.232. The highest BCUT2D eigenvalue weighted by Gasteiger charge is 2.12. The molecule has 3 heteroatoms. The van der Waals surface area contributed by atoms with E-state index in [1.54, 1.807) is 0 Å². The third kappa shape index (κ3) is 5.42. The highest BCUT2D eigenvalue weighted by atomic mass is 35.5. The van der Waals surface area contributed by atoms with Gasteiger partial charge in [-0.1, -0.05) is 25.4 Å². The van der Waals surface area contributed by atoms with Crippen molar-refractivity contribution >= 4 is 11.6 Å². The quantitative estimate of drug-likeness (QED) is 0.807. The zero-order valence-electron chi connectivity index (χ0n) is 12.5. The Labute approximate surface area is 122 Å². The van der Waals surface area contributed by atoms with Crippen LogP contribution in [0.15, 0.2) is 12.1 Å². The van der Waals surface area contributed by atoms with Gasteiger partial charge < -0.3 is 10.5 Å². The number of ether oxygens (including phenoxy) is 1. The Balaban J connectivity index is 2.87. The van der Waals surface area contributed by atoms with Crippen LogP contribution in [0.1, 0.15) is 44.7 Å². The fourth-order valence-electron chi connectivity index (χ4n) is 2.30. The van der Waals surface area contributed by atoms with Gasteiger partial charge in [-0.3, -0.25) is 0 Å². The molecule has 0 aromatic heterocycles. The summed E-state index contributed by atoms with van der Waals surface area (Å²) in [6.45, 7) is 9.14. The first kappa shape index (κ1) is 16.3. The summed E-state index contributed by atoms with van der Waals surface area (Å²) in [5.41, 5.74) is 8.12. The highest BCUT2D eigenvalue weighted by molar-refractivity contribution is 6.31. The Morgan fingerprint density at radius 2 is 2.00 bits per heavy atom. The van der Waals surface area contributed by atoms with Crippen molar-refractivity contribution in [2.24, 2.45) is 11.7 Å². The average Bonchev–Trinajstić information content (AvgIpc) is 2.30. The van der Waals surface area contributed by atoms with E-state index >= 15 is 0 Å². The van der Waals surface area contributed by atoms with Gasteiger partial charge in [0.1, 0.15) is 5.75 Å². The van der Waals surface area contributed by atoms with Crippen LogP contribution in [0, 0.1) is 12.8 Å². The van der Waals surface area contributed by atoms with E-state index in [1.165, 1.54) is 5.56 Å². The molecule has 0 heterocycles. The Kier molecular flexibility index (Phi) is 6.67. The molecule has 0 aliphatic heterocycles. The summed E-state index contributed by atoms with van der Waals surface area (Å²) in [4.78, 5) is 0. The molecule has 1 rings (SSSR count). The van der Waals surface area contributed by atoms with Crippen molar-refractivity contribution in [3.63, 3.8) is 0 Å². The van der Waals surface area contributed by atoms with Crippen LogP contribution >= 0.6 is 11.6 Å². The van der Waals surface area contributed by atoms with Crippen molar-refractivity contribution < 1.29 is 4.74 Å². The lowest BCUT2D eigenvalue weighted by Crippen LogP contribution is -2.19. The highest BCUT2D eigenvalue weighted by Crippen LogP contribution is 2.29. The van der Waals surface area contributed by atoms with E-state index in [1.807, 2.05) is 26.0 Å². The van der Waals surface area contributed by atoms with Crippen molar-refractivity contribution in [2.75, 3.05) is 6.61 Å². The van der Waals surface area contributed by atoms with Crippen LogP contribution in [-0.2, 0) is 6.42 Å². The standard InChI is InChI=1S/C16H26ClNO/c1-5-6-19-16-9-12(3)15(17)10-14(16)8-11(2)7-13(4)18/h9-11,13H,5-8,18H2,1-4H3. The SMILES string of the molecule is CCCOc1cc(C)c(Cl)cc1CC(C)CC(C)N. The summed E-state index contributed by atoms with van der Waals surface area (Å²) in [5.74, 6) is 1.50. The third-order valence-electron chi connectivity index (χ3n) is 3.15. The lowest BCUT2D eigenvalue weighted by molar-refractivity contribution is 0.311. The van der Waals surface area contributed by atoms with Gasteiger partial charge in [-0.15, -0.1) is 0 Å². The van der Waals surface area contributed by atoms with Crippen molar-refractivity contribution in [3.05, 3.63) is 28.3 Å². The fourth-order valence-corrected chi connectivity index (χ4v) is 2.48. The number of rotatable bonds is 7. The van der Waals surface area contributed by atoms with Crippen LogP contribution in [0.25, 0.3) is 0 Å². The number of benzene rings is 1. The zero-order chi connectivity index (χ0) is 14.4. The number of hydrogen-bond donors (Lipinski definition) is 1. The number of nitrogens with two attached hydrogens (primary N) is 1. The second-order valence-electron chi connectivity index (χ2n) is 5.58.